The van der Waals surface area contributed by atoms with Gasteiger partial charge in [-0.1, -0.05) is 33.6 Å². The van der Waals surface area contributed by atoms with Crippen LogP contribution in [-0.4, -0.2) is 47.9 Å². The molecule has 4 aliphatic rings. The van der Waals surface area contributed by atoms with Gasteiger partial charge in [0.2, 0.25) is 0 Å². The van der Waals surface area contributed by atoms with Gasteiger partial charge in [0, 0.05) is 6.42 Å². The van der Waals surface area contributed by atoms with Crippen LogP contribution in [0.5, 0.6) is 0 Å². The normalized spacial score (nSPS) is 40.6. The van der Waals surface area contributed by atoms with Crippen molar-refractivity contribution >= 4 is 16.1 Å². The lowest BCUT2D eigenvalue weighted by atomic mass is 9.44. The summed E-state index contributed by atoms with van der Waals surface area (Å²) in [5.41, 5.74) is 0.277. The highest BCUT2D eigenvalue weighted by atomic mass is 32.2. The van der Waals surface area contributed by atoms with E-state index in [4.69, 9.17) is 4.55 Å². The van der Waals surface area contributed by atoms with E-state index in [-0.39, 0.29) is 41.1 Å². The Hall–Kier alpha value is -0.940. The predicted octanol–water partition coefficient (Wildman–Crippen LogP) is 6.08. The molecule has 9 atom stereocenters. The fourth-order valence-corrected chi connectivity index (χ4v) is 9.73. The molecule has 4 fully saturated rings. The fraction of sp³-hybridized carbons (Fsp3) is 0.963. The molecule has 0 spiro atoms. The molecule has 0 unspecified atom stereocenters. The second-order valence-corrected chi connectivity index (χ2v) is 14.6. The number of alkyl halides is 4. The van der Waals surface area contributed by atoms with E-state index in [2.05, 4.69) is 18.6 Å². The number of carbonyl (C=O) groups excluding carboxylic acids is 1. The minimum absolute atomic E-state index is 0.00605. The number of hydrogen-bond acceptors (Lipinski definition) is 5. The maximum Gasteiger partial charge on any atom is 0.435 e. The van der Waals surface area contributed by atoms with Gasteiger partial charge < -0.3 is 9.84 Å². The summed E-state index contributed by atoms with van der Waals surface area (Å²) in [6.45, 7) is 4.60. The molecule has 4 rings (SSSR count). The Morgan fingerprint density at radius 1 is 1.03 bits per heavy atom. The molecular weight excluding hydrogens is 528 g/mol. The third-order valence-corrected chi connectivity index (χ3v) is 12.3. The maximum absolute atomic E-state index is 13.6. The van der Waals surface area contributed by atoms with Gasteiger partial charge >= 0.3 is 27.3 Å². The van der Waals surface area contributed by atoms with Crippen molar-refractivity contribution in [2.75, 3.05) is 6.61 Å². The van der Waals surface area contributed by atoms with E-state index < -0.39 is 33.9 Å². The van der Waals surface area contributed by atoms with Crippen LogP contribution in [0.15, 0.2) is 0 Å². The summed E-state index contributed by atoms with van der Waals surface area (Å²) < 4.78 is 87.9. The Morgan fingerprint density at radius 2 is 1.68 bits per heavy atom. The van der Waals surface area contributed by atoms with Gasteiger partial charge in [-0.2, -0.15) is 26.0 Å². The van der Waals surface area contributed by atoms with Gasteiger partial charge in [0.15, 0.2) is 6.61 Å². The highest BCUT2D eigenvalue weighted by Gasteiger charge is 2.66. The van der Waals surface area contributed by atoms with Crippen LogP contribution < -0.4 is 0 Å². The molecule has 38 heavy (non-hydrogen) atoms. The van der Waals surface area contributed by atoms with E-state index in [1.165, 1.54) is 25.7 Å². The lowest BCUT2D eigenvalue weighted by molar-refractivity contribution is -0.196. The molecule has 220 valence electrons. The zero-order chi connectivity index (χ0) is 28.3. The van der Waals surface area contributed by atoms with E-state index in [1.807, 2.05) is 6.92 Å². The number of fused-ring (bicyclic) bond motifs is 5. The highest BCUT2D eigenvalue weighted by Crippen LogP contribution is 2.68. The van der Waals surface area contributed by atoms with Crippen LogP contribution in [0.1, 0.15) is 91.4 Å². The first-order chi connectivity index (χ1) is 17.5. The van der Waals surface area contributed by atoms with Crippen molar-refractivity contribution in [3.8, 4) is 0 Å². The van der Waals surface area contributed by atoms with Gasteiger partial charge in [0.1, 0.15) is 0 Å². The van der Waals surface area contributed by atoms with Crippen molar-refractivity contribution in [3.63, 3.8) is 0 Å². The molecule has 11 heteroatoms. The minimum Gasteiger partial charge on any atom is -0.459 e. The SMILES string of the molecule is C[C@H](CCC(=O)OCC(F)(F)C(F)(F)S(=O)(=O)O)[C@H]1CC[C@H]2[C@@H]3[C@H](O)C[C@@H]4CCCC[C@]4(C)[C@H]3CC[C@]12C. The first-order valence-corrected chi connectivity index (χ1v) is 15.5. The van der Waals surface area contributed by atoms with Gasteiger partial charge in [-0.25, -0.2) is 0 Å². The molecule has 0 heterocycles. The van der Waals surface area contributed by atoms with Crippen LogP contribution in [0, 0.1) is 46.3 Å². The Balaban J connectivity index is 1.36. The van der Waals surface area contributed by atoms with Gasteiger partial charge in [-0.15, -0.1) is 0 Å². The second kappa shape index (κ2) is 10.2. The molecule has 0 aromatic heterocycles. The Kier molecular flexibility index (Phi) is 8.03. The monoisotopic (exact) mass is 570 g/mol. The number of ether oxygens (including phenoxy) is 1. The number of halogens is 4. The molecule has 0 aromatic carbocycles. The molecule has 0 saturated heterocycles. The zero-order valence-electron chi connectivity index (χ0n) is 22.5. The van der Waals surface area contributed by atoms with Crippen LogP contribution in [0.3, 0.4) is 0 Å². The summed E-state index contributed by atoms with van der Waals surface area (Å²) in [5, 5.41) is 5.56. The van der Waals surface area contributed by atoms with Crippen LogP contribution in [0.4, 0.5) is 17.6 Å². The maximum atomic E-state index is 13.6. The Morgan fingerprint density at radius 3 is 2.34 bits per heavy atom. The molecule has 0 bridgehead atoms. The van der Waals surface area contributed by atoms with Crippen molar-refractivity contribution in [1.29, 1.82) is 0 Å². The van der Waals surface area contributed by atoms with E-state index in [0.717, 1.165) is 32.1 Å². The number of hydrogen-bond donors (Lipinski definition) is 2. The van der Waals surface area contributed by atoms with E-state index in [0.29, 0.717) is 24.2 Å². The lowest BCUT2D eigenvalue weighted by Crippen LogP contribution is -2.57. The predicted molar refractivity (Wildman–Crippen MR) is 132 cm³/mol. The number of carbonyl (C=O) groups is 1. The first kappa shape index (κ1) is 30.0. The molecule has 6 nitrogen and oxygen atoms in total. The zero-order valence-corrected chi connectivity index (χ0v) is 23.3. The van der Waals surface area contributed by atoms with Crippen LogP contribution in [0.25, 0.3) is 0 Å². The Bertz CT molecular complexity index is 1010. The smallest absolute Gasteiger partial charge is 0.435 e. The fourth-order valence-electron chi connectivity index (χ4n) is 9.29. The van der Waals surface area contributed by atoms with Gasteiger partial charge in [-0.3, -0.25) is 9.35 Å². The van der Waals surface area contributed by atoms with Crippen molar-refractivity contribution in [3.05, 3.63) is 0 Å². The molecule has 0 aromatic rings. The molecule has 0 radical (unpaired) electrons. The van der Waals surface area contributed by atoms with E-state index in [9.17, 15) is 35.9 Å². The first-order valence-electron chi connectivity index (χ1n) is 14.0. The summed E-state index contributed by atoms with van der Waals surface area (Å²) in [4.78, 5) is 12.1. The van der Waals surface area contributed by atoms with Gasteiger partial charge in [0.25, 0.3) is 0 Å². The van der Waals surface area contributed by atoms with Crippen LogP contribution >= 0.6 is 0 Å². The molecular formula is C27H42F4O6S. The summed E-state index contributed by atoms with van der Waals surface area (Å²) in [6, 6.07) is 0. The molecule has 4 aliphatic carbocycles. The molecule has 2 N–H and O–H groups in total. The van der Waals surface area contributed by atoms with Crippen molar-refractivity contribution in [2.24, 2.45) is 46.3 Å². The number of esters is 1. The Labute approximate surface area is 223 Å². The molecule has 0 aliphatic heterocycles. The van der Waals surface area contributed by atoms with E-state index >= 15 is 0 Å². The number of rotatable bonds is 8. The second-order valence-electron chi connectivity index (χ2n) is 13.1. The average molecular weight is 571 g/mol. The number of aliphatic hydroxyl groups excluding tert-OH is 1. The minimum atomic E-state index is -6.38. The van der Waals surface area contributed by atoms with Crippen molar-refractivity contribution < 1.29 is 45.2 Å². The lowest BCUT2D eigenvalue weighted by Gasteiger charge is -2.62. The van der Waals surface area contributed by atoms with Crippen LogP contribution in [0.2, 0.25) is 0 Å². The van der Waals surface area contributed by atoms with Gasteiger partial charge in [-0.05, 0) is 97.7 Å². The summed E-state index contributed by atoms with van der Waals surface area (Å²) in [7, 11) is -6.38. The molecule has 0 amide bonds. The van der Waals surface area contributed by atoms with E-state index in [1.54, 1.807) is 0 Å². The third kappa shape index (κ3) is 4.91. The molecule has 4 saturated carbocycles. The quantitative estimate of drug-likeness (QED) is 0.208. The largest absolute Gasteiger partial charge is 0.459 e. The average Bonchev–Trinajstić information content (AvgIpc) is 3.18. The topological polar surface area (TPSA) is 101 Å². The van der Waals surface area contributed by atoms with Crippen molar-refractivity contribution in [1.82, 2.24) is 0 Å². The highest BCUT2D eigenvalue weighted by molar-refractivity contribution is 7.87. The van der Waals surface area contributed by atoms with Crippen LogP contribution in [-0.2, 0) is 19.6 Å². The summed E-state index contributed by atoms with van der Waals surface area (Å²) in [6.07, 6.45) is 9.64. The van der Waals surface area contributed by atoms with Gasteiger partial charge in [0.05, 0.1) is 6.10 Å². The summed E-state index contributed by atoms with van der Waals surface area (Å²) in [5.74, 6) is -4.31. The number of aliphatic hydroxyl groups is 1. The van der Waals surface area contributed by atoms with Crippen molar-refractivity contribution in [2.45, 2.75) is 109 Å². The summed E-state index contributed by atoms with van der Waals surface area (Å²) >= 11 is 0. The standard InChI is InChI=1S/C27H42F4O6S/c1-16(7-10-22(33)37-15-26(28,29)27(30,31)38(34,35)36)18-8-9-19-23-20(11-13-25(18,19)3)24(2)12-5-4-6-17(24)14-21(23)32/h16-21,23,32H,4-15H2,1-3H3,(H,34,35,36)/t16-,17+,18-,19+,20+,21-,23+,24+,25-/m1/s1. The third-order valence-electron chi connectivity index (χ3n) is 11.3.